The summed E-state index contributed by atoms with van der Waals surface area (Å²) in [4.78, 5) is 38.6. The van der Waals surface area contributed by atoms with Crippen LogP contribution >= 0.6 is 7.60 Å². The van der Waals surface area contributed by atoms with Crippen molar-refractivity contribution in [2.75, 3.05) is 27.4 Å². The average Bonchev–Trinajstić information content (AvgIpc) is 3.99. The molecule has 7 rings (SSSR count). The first-order valence-electron chi connectivity index (χ1n) is 16.8. The summed E-state index contributed by atoms with van der Waals surface area (Å²) in [5.74, 6) is -0.853. The fourth-order valence-electron chi connectivity index (χ4n) is 6.45. The molecule has 0 aliphatic heterocycles. The molecular weight excluding hydrogens is 679 g/mol. The standard InChI is InChI=1S/C40H36N4O7P/c1-5-50-52(47,51-6-2)38-34-21-19-32(43-34)36(24-7-11-26(12-8-24)39(45)48-3)30-17-15-28(41-30)23-29-16-18-31(42-29)37(33-20-22-35(38)44-33)25-9-13-27(14-10-25)40(46)49-4/h7-23,43-44H,5-6H2,1-4H3,(H-,41,42,45)/q+1/p+1. The molecule has 0 aliphatic carbocycles. The summed E-state index contributed by atoms with van der Waals surface area (Å²) in [5, 5.41) is 0.342. The Labute approximate surface area is 298 Å². The summed E-state index contributed by atoms with van der Waals surface area (Å²) >= 11 is 0. The van der Waals surface area contributed by atoms with Gasteiger partial charge in [-0.3, -0.25) is 9.05 Å². The highest BCUT2D eigenvalue weighted by Gasteiger charge is 2.37. The van der Waals surface area contributed by atoms with Gasteiger partial charge in [-0.2, -0.15) is 0 Å². The van der Waals surface area contributed by atoms with Crippen LogP contribution < -0.4 is 5.30 Å². The number of carbonyl (C=O) groups is 2. The highest BCUT2D eigenvalue weighted by molar-refractivity contribution is 7.63. The van der Waals surface area contributed by atoms with Gasteiger partial charge in [0.2, 0.25) is 5.30 Å². The molecule has 12 heteroatoms. The molecule has 5 heterocycles. The van der Waals surface area contributed by atoms with Crippen molar-refractivity contribution in [3.8, 4) is 22.3 Å². The van der Waals surface area contributed by atoms with Crippen LogP contribution in [0.4, 0.5) is 0 Å². The normalized spacial score (nSPS) is 11.6. The Bertz CT molecular complexity index is 2420. The van der Waals surface area contributed by atoms with E-state index in [2.05, 4.69) is 19.9 Å². The number of esters is 2. The van der Waals surface area contributed by atoms with E-state index in [0.717, 1.165) is 55.4 Å². The van der Waals surface area contributed by atoms with Crippen molar-refractivity contribution >= 4 is 69.0 Å². The van der Waals surface area contributed by atoms with E-state index in [0.29, 0.717) is 27.5 Å². The molecule has 11 nitrogen and oxygen atoms in total. The van der Waals surface area contributed by atoms with Gasteiger partial charge in [-0.05, 0) is 67.9 Å². The summed E-state index contributed by atoms with van der Waals surface area (Å²) in [6.07, 6.45) is 0. The molecule has 0 aliphatic rings. The number of hydrogen-bond acceptors (Lipinski definition) is 7. The van der Waals surface area contributed by atoms with Crippen LogP contribution in [-0.2, 0) is 23.1 Å². The van der Waals surface area contributed by atoms with Crippen LogP contribution in [0.5, 0.6) is 0 Å². The lowest BCUT2D eigenvalue weighted by Gasteiger charge is -2.13. The lowest BCUT2D eigenvalue weighted by molar-refractivity contribution is 0.0592. The predicted octanol–water partition coefficient (Wildman–Crippen LogP) is 9.10. The van der Waals surface area contributed by atoms with Gasteiger partial charge in [-0.1, -0.05) is 12.1 Å². The molecule has 0 unspecified atom stereocenters. The van der Waals surface area contributed by atoms with Crippen molar-refractivity contribution in [2.45, 2.75) is 13.8 Å². The van der Waals surface area contributed by atoms with Gasteiger partial charge in [0.25, 0.3) is 0 Å². The summed E-state index contributed by atoms with van der Waals surface area (Å²) in [5.41, 5.74) is 10.0. The number of H-pyrrole nitrogens is 4. The van der Waals surface area contributed by atoms with E-state index in [9.17, 15) is 14.2 Å². The van der Waals surface area contributed by atoms with E-state index in [1.165, 1.54) is 14.2 Å². The van der Waals surface area contributed by atoms with Crippen LogP contribution in [0.2, 0.25) is 0 Å². The molecule has 262 valence electrons. The molecule has 0 fully saturated rings. The Morgan fingerprint density at radius 1 is 0.596 bits per heavy atom. The van der Waals surface area contributed by atoms with Crippen molar-refractivity contribution in [3.05, 3.63) is 114 Å². The molecule has 8 bridgehead atoms. The van der Waals surface area contributed by atoms with Gasteiger partial charge >= 0.3 is 19.5 Å². The molecule has 5 aromatic heterocycles. The molecule has 4 N–H and O–H groups in total. The maximum atomic E-state index is 14.7. The van der Waals surface area contributed by atoms with Crippen molar-refractivity contribution in [1.82, 2.24) is 19.9 Å². The highest BCUT2D eigenvalue weighted by Crippen LogP contribution is 2.49. The molecule has 0 saturated heterocycles. The van der Waals surface area contributed by atoms with Crippen LogP contribution in [0.1, 0.15) is 34.6 Å². The number of aromatic amines is 4. The Kier molecular flexibility index (Phi) is 9.57. The second-order valence-corrected chi connectivity index (χ2v) is 13.9. The number of carbonyl (C=O) groups excluding carboxylic acids is 2. The van der Waals surface area contributed by atoms with Crippen molar-refractivity contribution in [3.63, 3.8) is 0 Å². The summed E-state index contributed by atoms with van der Waals surface area (Å²) < 4.78 is 36.5. The van der Waals surface area contributed by atoms with Gasteiger partial charge in [0, 0.05) is 46.4 Å². The quantitative estimate of drug-likeness (QED) is 0.0661. The van der Waals surface area contributed by atoms with E-state index < -0.39 is 19.5 Å². The third kappa shape index (κ3) is 6.53. The summed E-state index contributed by atoms with van der Waals surface area (Å²) in [6, 6.07) is 31.9. The number of nitrogens with one attached hydrogen (secondary N) is 4. The van der Waals surface area contributed by atoms with Crippen LogP contribution in [0.3, 0.4) is 0 Å². The highest BCUT2D eigenvalue weighted by atomic mass is 31.2. The van der Waals surface area contributed by atoms with Crippen molar-refractivity contribution in [1.29, 1.82) is 0 Å². The average molecular weight is 717 g/mol. The molecule has 0 atom stereocenters. The van der Waals surface area contributed by atoms with Gasteiger partial charge < -0.3 is 29.4 Å². The number of benzene rings is 2. The maximum absolute atomic E-state index is 14.7. The SMILES string of the molecule is CCOP(=O)(OCC)[c+]1c2ccc([nH]2)c(-c2ccc(C(=O)OC)cc2)c2ccc(cc3ccc([nH]3)[c+](-c3ccc(C(=O)OC)cc3)c3ccc1[nH]3)[nH]2. The molecule has 0 radical (unpaired) electrons. The third-order valence-corrected chi connectivity index (χ3v) is 11.0. The zero-order chi connectivity index (χ0) is 36.4. The van der Waals surface area contributed by atoms with Gasteiger partial charge in [0.05, 0.1) is 67.8 Å². The zero-order valence-electron chi connectivity index (χ0n) is 29.0. The second-order valence-electron chi connectivity index (χ2n) is 11.9. The Balaban J connectivity index is 1.60. The largest absolute Gasteiger partial charge is 0.465 e. The molecule has 52 heavy (non-hydrogen) atoms. The fourth-order valence-corrected chi connectivity index (χ4v) is 8.31. The van der Waals surface area contributed by atoms with Gasteiger partial charge in [0.15, 0.2) is 11.0 Å². The second kappa shape index (κ2) is 14.4. The number of hydrogen-bond donors (Lipinski definition) is 4. The first kappa shape index (κ1) is 34.6. The van der Waals surface area contributed by atoms with Crippen molar-refractivity contribution in [2.24, 2.45) is 0 Å². The number of rotatable bonds is 9. The zero-order valence-corrected chi connectivity index (χ0v) is 29.9. The van der Waals surface area contributed by atoms with E-state index >= 15 is 0 Å². The van der Waals surface area contributed by atoms with Crippen LogP contribution in [-0.4, -0.2) is 59.3 Å². The molecule has 7 aromatic rings. The van der Waals surface area contributed by atoms with E-state index in [1.54, 1.807) is 38.1 Å². The number of fused-ring (bicyclic) bond motifs is 8. The molecule has 2 aromatic carbocycles. The monoisotopic (exact) mass is 716 g/mol. The molecule has 0 amide bonds. The number of ether oxygens (including phenoxy) is 2. The minimum atomic E-state index is -3.90. The molecular formula is C40H37N4O7P+2. The number of methoxy groups -OCH3 is 2. The van der Waals surface area contributed by atoms with Crippen LogP contribution in [0.15, 0.2) is 103 Å². The van der Waals surface area contributed by atoms with Crippen molar-refractivity contribution < 1.29 is 32.7 Å². The maximum Gasteiger partial charge on any atom is 0.421 e. The fraction of sp³-hybridized carbons (Fsp3) is 0.150. The molecule has 0 saturated carbocycles. The smallest absolute Gasteiger partial charge is 0.421 e. The predicted molar refractivity (Wildman–Crippen MR) is 204 cm³/mol. The molecule has 0 spiro atoms. The summed E-state index contributed by atoms with van der Waals surface area (Å²) in [6.45, 7) is 3.86. The van der Waals surface area contributed by atoms with Gasteiger partial charge in [0.1, 0.15) is 16.6 Å². The first-order chi connectivity index (χ1) is 25.2. The Morgan fingerprint density at radius 2 is 1.10 bits per heavy atom. The third-order valence-electron chi connectivity index (χ3n) is 8.75. The topological polar surface area (TPSA) is 151 Å². The lowest BCUT2D eigenvalue weighted by atomic mass is 10.0. The van der Waals surface area contributed by atoms with E-state index in [1.807, 2.05) is 78.9 Å². The van der Waals surface area contributed by atoms with Crippen LogP contribution in [0.25, 0.3) is 66.4 Å². The lowest BCUT2D eigenvalue weighted by Crippen LogP contribution is -2.12. The minimum absolute atomic E-state index is 0.156. The van der Waals surface area contributed by atoms with Gasteiger partial charge in [-0.15, -0.1) is 0 Å². The number of aromatic nitrogens is 4. The Morgan fingerprint density at radius 3 is 1.75 bits per heavy atom. The van der Waals surface area contributed by atoms with E-state index in [-0.39, 0.29) is 13.2 Å². The Hall–Kier alpha value is -5.87. The van der Waals surface area contributed by atoms with Gasteiger partial charge in [-0.25, -0.2) is 14.2 Å². The minimum Gasteiger partial charge on any atom is -0.465 e. The van der Waals surface area contributed by atoms with Crippen LogP contribution in [0, 0.1) is 0 Å². The van der Waals surface area contributed by atoms with E-state index in [4.69, 9.17) is 18.5 Å². The first-order valence-corrected chi connectivity index (χ1v) is 18.3. The summed E-state index contributed by atoms with van der Waals surface area (Å²) in [7, 11) is -1.20.